The number of aromatic nitrogens is 3. The van der Waals surface area contributed by atoms with Crippen LogP contribution in [0.1, 0.15) is 43.9 Å². The number of aryl methyl sites for hydroxylation is 1. The van der Waals surface area contributed by atoms with Crippen LogP contribution in [0.3, 0.4) is 0 Å². The molecule has 0 aromatic carbocycles. The van der Waals surface area contributed by atoms with Gasteiger partial charge in [0.25, 0.3) is 0 Å². The second-order valence-electron chi connectivity index (χ2n) is 6.40. The van der Waals surface area contributed by atoms with Crippen molar-refractivity contribution in [3.63, 3.8) is 0 Å². The lowest BCUT2D eigenvalue weighted by atomic mass is 9.97. The van der Waals surface area contributed by atoms with Crippen LogP contribution < -0.4 is 5.32 Å². The lowest BCUT2D eigenvalue weighted by Gasteiger charge is -2.30. The summed E-state index contributed by atoms with van der Waals surface area (Å²) in [6, 6.07) is -0.185. The van der Waals surface area contributed by atoms with Crippen molar-refractivity contribution in [2.45, 2.75) is 45.2 Å². The number of fused-ring (bicyclic) bond motifs is 1. The Hall–Kier alpha value is -1.48. The second-order valence-corrected chi connectivity index (χ2v) is 8.38. The van der Waals surface area contributed by atoms with Gasteiger partial charge in [0.15, 0.2) is 5.82 Å². The molecule has 3 heterocycles. The molecule has 1 amide bonds. The molecule has 0 radical (unpaired) electrons. The minimum atomic E-state index is -3.16. The highest BCUT2D eigenvalue weighted by atomic mass is 32.2. The first-order valence-corrected chi connectivity index (χ1v) is 9.88. The summed E-state index contributed by atoms with van der Waals surface area (Å²) < 4.78 is 26.5. The van der Waals surface area contributed by atoms with Gasteiger partial charge in [0, 0.05) is 32.0 Å². The number of hydrogen-bond donors (Lipinski definition) is 1. The third kappa shape index (κ3) is 3.40. The molecule has 128 valence electrons. The maximum absolute atomic E-state index is 12.4. The number of carbonyl (C=O) groups is 1. The first-order valence-electron chi connectivity index (χ1n) is 8.03. The van der Waals surface area contributed by atoms with Gasteiger partial charge in [-0.1, -0.05) is 0 Å². The Kier molecular flexibility index (Phi) is 4.41. The Bertz CT molecular complexity index is 691. The molecule has 2 aliphatic rings. The zero-order valence-corrected chi connectivity index (χ0v) is 14.3. The van der Waals surface area contributed by atoms with Gasteiger partial charge in [-0.25, -0.2) is 12.7 Å². The van der Waals surface area contributed by atoms with Gasteiger partial charge in [-0.15, -0.1) is 10.2 Å². The highest BCUT2D eigenvalue weighted by Crippen LogP contribution is 2.22. The number of piperidine rings is 1. The van der Waals surface area contributed by atoms with Crippen LogP contribution in [0.2, 0.25) is 0 Å². The second kappa shape index (κ2) is 6.20. The van der Waals surface area contributed by atoms with Crippen molar-refractivity contribution >= 4 is 15.9 Å². The van der Waals surface area contributed by atoms with Crippen LogP contribution in [0.4, 0.5) is 0 Å². The predicted octanol–water partition coefficient (Wildman–Crippen LogP) is 0.0731. The van der Waals surface area contributed by atoms with E-state index in [1.807, 2.05) is 6.92 Å². The maximum atomic E-state index is 12.4. The molecule has 0 spiro atoms. The number of carbonyl (C=O) groups excluding carboxylic acids is 1. The number of hydrogen-bond acceptors (Lipinski definition) is 5. The van der Waals surface area contributed by atoms with E-state index in [9.17, 15) is 13.2 Å². The van der Waals surface area contributed by atoms with E-state index in [1.165, 1.54) is 10.6 Å². The molecule has 1 fully saturated rings. The smallest absolute Gasteiger partial charge is 0.223 e. The van der Waals surface area contributed by atoms with Gasteiger partial charge in [0.05, 0.1) is 12.3 Å². The third-order valence-electron chi connectivity index (χ3n) is 4.68. The number of nitrogens with one attached hydrogen (secondary N) is 1. The average molecular weight is 341 g/mol. The van der Waals surface area contributed by atoms with Gasteiger partial charge in [-0.05, 0) is 26.2 Å². The zero-order chi connectivity index (χ0) is 16.6. The number of nitrogens with zero attached hydrogens (tertiary/aromatic N) is 4. The van der Waals surface area contributed by atoms with Crippen molar-refractivity contribution in [3.05, 3.63) is 11.6 Å². The topological polar surface area (TPSA) is 97.2 Å². The molecule has 23 heavy (non-hydrogen) atoms. The van der Waals surface area contributed by atoms with E-state index in [-0.39, 0.29) is 17.9 Å². The van der Waals surface area contributed by atoms with E-state index in [4.69, 9.17) is 0 Å². The lowest BCUT2D eigenvalue weighted by Crippen LogP contribution is -2.43. The van der Waals surface area contributed by atoms with E-state index in [2.05, 4.69) is 20.1 Å². The van der Waals surface area contributed by atoms with Gasteiger partial charge in [0.2, 0.25) is 15.9 Å². The molecule has 1 aromatic rings. The molecule has 1 atom stereocenters. The molecular weight excluding hydrogens is 318 g/mol. The summed E-state index contributed by atoms with van der Waals surface area (Å²) in [6.45, 7) is 3.64. The molecule has 0 unspecified atom stereocenters. The van der Waals surface area contributed by atoms with Gasteiger partial charge >= 0.3 is 0 Å². The van der Waals surface area contributed by atoms with Crippen LogP contribution >= 0.6 is 0 Å². The third-order valence-corrected chi connectivity index (χ3v) is 5.98. The van der Waals surface area contributed by atoms with Crippen molar-refractivity contribution in [2.24, 2.45) is 5.92 Å². The molecule has 9 heteroatoms. The average Bonchev–Trinajstić information content (AvgIpc) is 3.09. The predicted molar refractivity (Wildman–Crippen MR) is 84.0 cm³/mol. The summed E-state index contributed by atoms with van der Waals surface area (Å²) in [5.74, 6) is 1.62. The first kappa shape index (κ1) is 16.4. The minimum absolute atomic E-state index is 0.0269. The maximum Gasteiger partial charge on any atom is 0.223 e. The molecule has 1 saturated heterocycles. The number of rotatable bonds is 4. The standard InChI is InChI=1S/C14H23N5O3S/c1-10(13-17-16-12-4-3-7-19(12)13)15-14(20)11-5-8-18(9-6-11)23(2,21)22/h10-11H,3-9H2,1-2H3,(H,15,20)/t10-/m0/s1. The SMILES string of the molecule is C[C@H](NC(=O)C1CCN(S(C)(=O)=O)CC1)c1nnc2n1CCC2. The number of amides is 1. The van der Waals surface area contributed by atoms with Gasteiger partial charge in [-0.3, -0.25) is 4.79 Å². The normalized spacial score (nSPS) is 21.1. The van der Waals surface area contributed by atoms with Crippen molar-refractivity contribution in [2.75, 3.05) is 19.3 Å². The fourth-order valence-corrected chi connectivity index (χ4v) is 4.21. The Morgan fingerprint density at radius 3 is 2.61 bits per heavy atom. The van der Waals surface area contributed by atoms with Crippen molar-refractivity contribution in [1.29, 1.82) is 0 Å². The van der Waals surface area contributed by atoms with Crippen molar-refractivity contribution < 1.29 is 13.2 Å². The highest BCUT2D eigenvalue weighted by Gasteiger charge is 2.30. The van der Waals surface area contributed by atoms with E-state index in [0.29, 0.717) is 25.9 Å². The summed E-state index contributed by atoms with van der Waals surface area (Å²) in [5, 5.41) is 11.4. The lowest BCUT2D eigenvalue weighted by molar-refractivity contribution is -0.126. The van der Waals surface area contributed by atoms with Crippen molar-refractivity contribution in [3.8, 4) is 0 Å². The fourth-order valence-electron chi connectivity index (χ4n) is 3.34. The van der Waals surface area contributed by atoms with Crippen LogP contribution in [-0.2, 0) is 27.8 Å². The molecule has 1 N–H and O–H groups in total. The minimum Gasteiger partial charge on any atom is -0.346 e. The van der Waals surface area contributed by atoms with E-state index in [1.54, 1.807) is 0 Å². The Morgan fingerprint density at radius 2 is 1.96 bits per heavy atom. The van der Waals surface area contributed by atoms with Gasteiger partial charge < -0.3 is 9.88 Å². The molecule has 3 rings (SSSR count). The summed E-state index contributed by atoms with van der Waals surface area (Å²) in [7, 11) is -3.16. The Balaban J connectivity index is 1.57. The molecule has 8 nitrogen and oxygen atoms in total. The molecular formula is C14H23N5O3S. The van der Waals surface area contributed by atoms with Crippen LogP contribution in [0.15, 0.2) is 0 Å². The van der Waals surface area contributed by atoms with Gasteiger partial charge in [-0.2, -0.15) is 0 Å². The number of sulfonamides is 1. The van der Waals surface area contributed by atoms with E-state index in [0.717, 1.165) is 31.0 Å². The van der Waals surface area contributed by atoms with Crippen LogP contribution in [0.5, 0.6) is 0 Å². The molecule has 1 aromatic heterocycles. The van der Waals surface area contributed by atoms with E-state index < -0.39 is 10.0 Å². The quantitative estimate of drug-likeness (QED) is 0.836. The molecule has 0 bridgehead atoms. The molecule has 2 aliphatic heterocycles. The molecule has 0 saturated carbocycles. The van der Waals surface area contributed by atoms with Gasteiger partial charge in [0.1, 0.15) is 5.82 Å². The molecule has 0 aliphatic carbocycles. The van der Waals surface area contributed by atoms with Crippen LogP contribution in [0.25, 0.3) is 0 Å². The summed E-state index contributed by atoms with van der Waals surface area (Å²) in [6.07, 6.45) is 4.34. The van der Waals surface area contributed by atoms with E-state index >= 15 is 0 Å². The largest absolute Gasteiger partial charge is 0.346 e. The van der Waals surface area contributed by atoms with Crippen LogP contribution in [0, 0.1) is 5.92 Å². The fraction of sp³-hybridized carbons (Fsp3) is 0.786. The zero-order valence-electron chi connectivity index (χ0n) is 13.5. The summed E-state index contributed by atoms with van der Waals surface area (Å²) >= 11 is 0. The Morgan fingerprint density at radius 1 is 1.26 bits per heavy atom. The monoisotopic (exact) mass is 341 g/mol. The summed E-state index contributed by atoms with van der Waals surface area (Å²) in [4.78, 5) is 12.4. The van der Waals surface area contributed by atoms with Crippen molar-refractivity contribution in [1.82, 2.24) is 24.4 Å². The first-order chi connectivity index (χ1) is 10.9. The van der Waals surface area contributed by atoms with Crippen LogP contribution in [-0.4, -0.2) is 52.7 Å². The highest BCUT2D eigenvalue weighted by molar-refractivity contribution is 7.88. The Labute approximate surface area is 136 Å². The summed E-state index contributed by atoms with van der Waals surface area (Å²) in [5.41, 5.74) is 0.